The zero-order valence-electron chi connectivity index (χ0n) is 14.6. The topological polar surface area (TPSA) is 70.2 Å². The second-order valence-corrected chi connectivity index (χ2v) is 5.98. The van der Waals surface area contributed by atoms with E-state index in [2.05, 4.69) is 16.0 Å². The van der Waals surface area contributed by atoms with Crippen LogP contribution in [0.4, 0.5) is 13.6 Å². The van der Waals surface area contributed by atoms with Crippen LogP contribution in [0.5, 0.6) is 0 Å². The van der Waals surface area contributed by atoms with Gasteiger partial charge in [0.15, 0.2) is 0 Å². The highest BCUT2D eigenvalue weighted by molar-refractivity contribution is 5.84. The number of halogens is 2. The molecule has 1 atom stereocenters. The van der Waals surface area contributed by atoms with Crippen molar-refractivity contribution in [2.75, 3.05) is 6.54 Å². The fourth-order valence-electron chi connectivity index (χ4n) is 2.33. The van der Waals surface area contributed by atoms with E-state index in [9.17, 15) is 18.4 Å². The lowest BCUT2D eigenvalue weighted by molar-refractivity contribution is -0.120. The fraction of sp³-hybridized carbons (Fsp3) is 0.263. The summed E-state index contributed by atoms with van der Waals surface area (Å²) in [6.07, 6.45) is 0. The van der Waals surface area contributed by atoms with E-state index in [0.717, 1.165) is 23.3 Å². The van der Waals surface area contributed by atoms with Crippen LogP contribution < -0.4 is 16.0 Å². The van der Waals surface area contributed by atoms with E-state index in [1.54, 1.807) is 6.92 Å². The van der Waals surface area contributed by atoms with Gasteiger partial charge in [-0.3, -0.25) is 4.79 Å². The van der Waals surface area contributed by atoms with Crippen molar-refractivity contribution in [1.82, 2.24) is 16.0 Å². The van der Waals surface area contributed by atoms with Crippen LogP contribution in [-0.2, 0) is 11.3 Å². The number of hydrogen-bond donors (Lipinski definition) is 3. The van der Waals surface area contributed by atoms with E-state index in [-0.39, 0.29) is 12.1 Å². The minimum atomic E-state index is -0.735. The number of urea groups is 1. The van der Waals surface area contributed by atoms with Gasteiger partial charge in [-0.25, -0.2) is 13.6 Å². The maximum Gasteiger partial charge on any atom is 0.315 e. The molecule has 0 heterocycles. The first-order valence-corrected chi connectivity index (χ1v) is 8.16. The van der Waals surface area contributed by atoms with Gasteiger partial charge in [-0.15, -0.1) is 0 Å². The van der Waals surface area contributed by atoms with Gasteiger partial charge in [-0.05, 0) is 25.5 Å². The predicted molar refractivity (Wildman–Crippen MR) is 94.3 cm³/mol. The van der Waals surface area contributed by atoms with Crippen molar-refractivity contribution in [3.8, 4) is 0 Å². The first-order valence-electron chi connectivity index (χ1n) is 8.16. The van der Waals surface area contributed by atoms with Crippen molar-refractivity contribution in [3.63, 3.8) is 0 Å². The average Bonchev–Trinajstić information content (AvgIpc) is 2.59. The molecule has 7 heteroatoms. The third kappa shape index (κ3) is 5.84. The lowest BCUT2D eigenvalue weighted by Crippen LogP contribution is -2.42. The molecule has 3 amide bonds. The number of benzene rings is 2. The van der Waals surface area contributed by atoms with Crippen LogP contribution >= 0.6 is 0 Å². The molecule has 2 aromatic rings. The van der Waals surface area contributed by atoms with Crippen LogP contribution in [0.2, 0.25) is 0 Å². The third-order valence-corrected chi connectivity index (χ3v) is 3.79. The van der Waals surface area contributed by atoms with Gasteiger partial charge >= 0.3 is 6.03 Å². The van der Waals surface area contributed by atoms with Gasteiger partial charge < -0.3 is 16.0 Å². The number of carbonyl (C=O) groups is 2. The summed E-state index contributed by atoms with van der Waals surface area (Å²) in [5.41, 5.74) is 2.24. The Morgan fingerprint density at radius 2 is 1.73 bits per heavy atom. The maximum atomic E-state index is 13.7. The second-order valence-electron chi connectivity index (χ2n) is 5.98. The molecule has 26 heavy (non-hydrogen) atoms. The first kappa shape index (κ1) is 19.4. The summed E-state index contributed by atoms with van der Waals surface area (Å²) in [7, 11) is 0. The van der Waals surface area contributed by atoms with Crippen molar-refractivity contribution < 1.29 is 18.4 Å². The van der Waals surface area contributed by atoms with Gasteiger partial charge in [-0.2, -0.15) is 0 Å². The summed E-state index contributed by atoms with van der Waals surface area (Å²) in [5.74, 6) is -1.90. The number of amides is 3. The molecule has 0 unspecified atom stereocenters. The molecule has 0 aliphatic heterocycles. The molecule has 5 nitrogen and oxygen atoms in total. The van der Waals surface area contributed by atoms with Crippen molar-refractivity contribution in [1.29, 1.82) is 0 Å². The summed E-state index contributed by atoms with van der Waals surface area (Å²) >= 11 is 0. The Morgan fingerprint density at radius 3 is 2.38 bits per heavy atom. The van der Waals surface area contributed by atoms with Crippen molar-refractivity contribution in [3.05, 3.63) is 70.8 Å². The van der Waals surface area contributed by atoms with E-state index in [1.165, 1.54) is 6.07 Å². The molecule has 0 radical (unpaired) electrons. The molecule has 138 valence electrons. The van der Waals surface area contributed by atoms with E-state index < -0.39 is 29.6 Å². The quantitative estimate of drug-likeness (QED) is 0.740. The van der Waals surface area contributed by atoms with Crippen molar-refractivity contribution >= 4 is 11.9 Å². The number of rotatable bonds is 6. The Morgan fingerprint density at radius 1 is 1.04 bits per heavy atom. The molecular weight excluding hydrogens is 340 g/mol. The molecular formula is C19H21F2N3O2. The first-order chi connectivity index (χ1) is 12.3. The molecule has 0 bridgehead atoms. The van der Waals surface area contributed by atoms with E-state index >= 15 is 0 Å². The van der Waals surface area contributed by atoms with Gasteiger partial charge in [0, 0.05) is 18.2 Å². The SMILES string of the molecule is Cc1ccc(CNC(=O)NCC(=O)N[C@@H](C)c2ccc(F)cc2F)cc1. The van der Waals surface area contributed by atoms with Gasteiger partial charge in [0.2, 0.25) is 5.91 Å². The molecule has 2 rings (SSSR count). The second kappa shape index (κ2) is 8.94. The Hall–Kier alpha value is -2.96. The largest absolute Gasteiger partial charge is 0.348 e. The summed E-state index contributed by atoms with van der Waals surface area (Å²) < 4.78 is 26.6. The van der Waals surface area contributed by atoms with Crippen LogP contribution in [0.25, 0.3) is 0 Å². The Balaban J connectivity index is 1.75. The normalized spacial score (nSPS) is 11.5. The summed E-state index contributed by atoms with van der Waals surface area (Å²) in [6, 6.07) is 9.71. The fourth-order valence-corrected chi connectivity index (χ4v) is 2.33. The molecule has 0 aromatic heterocycles. The molecule has 0 spiro atoms. The van der Waals surface area contributed by atoms with Crippen LogP contribution in [-0.4, -0.2) is 18.5 Å². The Labute approximate surface area is 150 Å². The lowest BCUT2D eigenvalue weighted by Gasteiger charge is -2.15. The van der Waals surface area contributed by atoms with E-state index in [1.807, 2.05) is 31.2 Å². The van der Waals surface area contributed by atoms with Crippen LogP contribution in [0.3, 0.4) is 0 Å². The molecule has 0 aliphatic rings. The maximum absolute atomic E-state index is 13.7. The monoisotopic (exact) mass is 361 g/mol. The summed E-state index contributed by atoms with van der Waals surface area (Å²) in [5, 5.41) is 7.62. The van der Waals surface area contributed by atoms with Crippen LogP contribution in [0.15, 0.2) is 42.5 Å². The molecule has 3 N–H and O–H groups in total. The van der Waals surface area contributed by atoms with Gasteiger partial charge in [0.25, 0.3) is 0 Å². The number of hydrogen-bond acceptors (Lipinski definition) is 2. The van der Waals surface area contributed by atoms with Crippen LogP contribution in [0, 0.1) is 18.6 Å². The summed E-state index contributed by atoms with van der Waals surface area (Å²) in [4.78, 5) is 23.6. The molecule has 0 saturated heterocycles. The standard InChI is InChI=1S/C19H21F2N3O2/c1-12-3-5-14(6-4-12)10-22-19(26)23-11-18(25)24-13(2)16-8-7-15(20)9-17(16)21/h3-9,13H,10-11H2,1-2H3,(H,24,25)(H2,22,23,26)/t13-/m0/s1. The number of nitrogens with one attached hydrogen (secondary N) is 3. The number of carbonyl (C=O) groups excluding carboxylic acids is 2. The highest BCUT2D eigenvalue weighted by atomic mass is 19.1. The van der Waals surface area contributed by atoms with Crippen molar-refractivity contribution in [2.45, 2.75) is 26.4 Å². The Bertz CT molecular complexity index is 779. The molecule has 0 saturated carbocycles. The minimum Gasteiger partial charge on any atom is -0.348 e. The molecule has 0 aliphatic carbocycles. The zero-order valence-corrected chi connectivity index (χ0v) is 14.6. The highest BCUT2D eigenvalue weighted by Gasteiger charge is 2.14. The highest BCUT2D eigenvalue weighted by Crippen LogP contribution is 2.17. The lowest BCUT2D eigenvalue weighted by atomic mass is 10.1. The van der Waals surface area contributed by atoms with Gasteiger partial charge in [0.05, 0.1) is 12.6 Å². The minimum absolute atomic E-state index is 0.170. The smallest absolute Gasteiger partial charge is 0.315 e. The van der Waals surface area contributed by atoms with Gasteiger partial charge in [-0.1, -0.05) is 35.9 Å². The molecule has 2 aromatic carbocycles. The van der Waals surface area contributed by atoms with E-state index in [0.29, 0.717) is 6.54 Å². The predicted octanol–water partition coefficient (Wildman–Crippen LogP) is 2.95. The van der Waals surface area contributed by atoms with E-state index in [4.69, 9.17) is 0 Å². The molecule has 0 fully saturated rings. The van der Waals surface area contributed by atoms with Crippen LogP contribution in [0.1, 0.15) is 29.7 Å². The summed E-state index contributed by atoms with van der Waals surface area (Å²) in [6.45, 7) is 3.63. The zero-order chi connectivity index (χ0) is 19.1. The van der Waals surface area contributed by atoms with Gasteiger partial charge in [0.1, 0.15) is 11.6 Å². The third-order valence-electron chi connectivity index (χ3n) is 3.79. The Kier molecular flexibility index (Phi) is 6.66. The average molecular weight is 361 g/mol. The van der Waals surface area contributed by atoms with Crippen molar-refractivity contribution in [2.24, 2.45) is 0 Å². The number of aryl methyl sites for hydroxylation is 1.